The molecular weight excluding hydrogens is 372 g/mol. The first-order valence-electron chi connectivity index (χ1n) is 9.03. The number of sulfone groups is 1. The van der Waals surface area contributed by atoms with Crippen LogP contribution in [0.3, 0.4) is 0 Å². The van der Waals surface area contributed by atoms with Gasteiger partial charge in [0.2, 0.25) is 15.7 Å². The topological polar surface area (TPSA) is 66.5 Å². The molecular formula is C22H20N2O3S. The van der Waals surface area contributed by atoms with Gasteiger partial charge >= 0.3 is 0 Å². The fourth-order valence-corrected chi connectivity index (χ4v) is 5.15. The lowest BCUT2D eigenvalue weighted by atomic mass is 10.1. The predicted octanol–water partition coefficient (Wildman–Crippen LogP) is 3.85. The van der Waals surface area contributed by atoms with Crippen LogP contribution in [0.5, 0.6) is 0 Å². The lowest BCUT2D eigenvalue weighted by Gasteiger charge is -2.32. The SMILES string of the molecule is C[C@@H](NC(=O)CN1c2ccccc2S(=O)(=O)c2ccccc21)c1ccccc1. The summed E-state index contributed by atoms with van der Waals surface area (Å²) in [5.41, 5.74) is 2.05. The standard InChI is InChI=1S/C22H20N2O3S/c1-16(17-9-3-2-4-10-17)23-22(25)15-24-18-11-5-7-13-20(18)28(26,27)21-14-8-6-12-19(21)24/h2-14,16H,15H2,1H3,(H,23,25)/t16-/m1/s1. The third kappa shape index (κ3) is 3.16. The highest BCUT2D eigenvalue weighted by molar-refractivity contribution is 7.92. The van der Waals surface area contributed by atoms with E-state index >= 15 is 0 Å². The van der Waals surface area contributed by atoms with Crippen molar-refractivity contribution in [3.8, 4) is 0 Å². The van der Waals surface area contributed by atoms with Crippen LogP contribution < -0.4 is 10.2 Å². The van der Waals surface area contributed by atoms with Crippen LogP contribution in [-0.2, 0) is 14.6 Å². The first-order chi connectivity index (χ1) is 13.5. The van der Waals surface area contributed by atoms with Crippen molar-refractivity contribution in [2.45, 2.75) is 22.8 Å². The Morgan fingerprint density at radius 2 is 1.36 bits per heavy atom. The number of hydrogen-bond acceptors (Lipinski definition) is 4. The number of rotatable bonds is 4. The molecule has 142 valence electrons. The normalized spacial score (nSPS) is 15.2. The Bertz CT molecular complexity index is 1070. The summed E-state index contributed by atoms with van der Waals surface area (Å²) in [6.07, 6.45) is 0. The molecule has 0 aromatic heterocycles. The molecule has 0 radical (unpaired) electrons. The highest BCUT2D eigenvalue weighted by atomic mass is 32.2. The predicted molar refractivity (Wildman–Crippen MR) is 108 cm³/mol. The summed E-state index contributed by atoms with van der Waals surface area (Å²) in [4.78, 5) is 15.0. The van der Waals surface area contributed by atoms with E-state index in [-0.39, 0.29) is 28.3 Å². The molecule has 1 aliphatic heterocycles. The molecule has 3 aromatic carbocycles. The molecule has 0 saturated heterocycles. The second-order valence-corrected chi connectivity index (χ2v) is 8.61. The van der Waals surface area contributed by atoms with E-state index in [0.29, 0.717) is 11.4 Å². The lowest BCUT2D eigenvalue weighted by molar-refractivity contribution is -0.120. The summed E-state index contributed by atoms with van der Waals surface area (Å²) in [5.74, 6) is -0.180. The molecule has 6 heteroatoms. The molecule has 4 rings (SSSR count). The van der Waals surface area contributed by atoms with Gasteiger partial charge in [0.25, 0.3) is 0 Å². The molecule has 0 bridgehead atoms. The number of amides is 1. The third-order valence-electron chi connectivity index (χ3n) is 4.87. The number of para-hydroxylation sites is 2. The largest absolute Gasteiger partial charge is 0.348 e. The van der Waals surface area contributed by atoms with Gasteiger partial charge in [-0.3, -0.25) is 4.79 Å². The summed E-state index contributed by atoms with van der Waals surface area (Å²) in [7, 11) is -3.61. The van der Waals surface area contributed by atoms with E-state index in [4.69, 9.17) is 0 Å². The molecule has 5 nitrogen and oxygen atoms in total. The number of nitrogens with one attached hydrogen (secondary N) is 1. The minimum atomic E-state index is -3.61. The van der Waals surface area contributed by atoms with Gasteiger partial charge in [-0.1, -0.05) is 54.6 Å². The lowest BCUT2D eigenvalue weighted by Crippen LogP contribution is -2.38. The fourth-order valence-electron chi connectivity index (χ4n) is 3.49. The highest BCUT2D eigenvalue weighted by Gasteiger charge is 2.34. The average Bonchev–Trinajstić information content (AvgIpc) is 2.72. The Morgan fingerprint density at radius 3 is 1.93 bits per heavy atom. The molecule has 1 atom stereocenters. The zero-order chi connectivity index (χ0) is 19.7. The Balaban J connectivity index is 1.66. The van der Waals surface area contributed by atoms with Crippen molar-refractivity contribution in [2.75, 3.05) is 11.4 Å². The third-order valence-corrected chi connectivity index (χ3v) is 6.72. The van der Waals surface area contributed by atoms with E-state index in [2.05, 4.69) is 5.32 Å². The van der Waals surface area contributed by atoms with Crippen LogP contribution in [0, 0.1) is 0 Å². The van der Waals surface area contributed by atoms with E-state index in [1.165, 1.54) is 0 Å². The zero-order valence-corrected chi connectivity index (χ0v) is 16.2. The molecule has 1 aliphatic rings. The van der Waals surface area contributed by atoms with Gasteiger partial charge < -0.3 is 10.2 Å². The monoisotopic (exact) mass is 392 g/mol. The van der Waals surface area contributed by atoms with E-state index in [0.717, 1.165) is 5.56 Å². The Kier molecular flexibility index (Phi) is 4.65. The second kappa shape index (κ2) is 7.13. The van der Waals surface area contributed by atoms with Crippen LogP contribution in [0.4, 0.5) is 11.4 Å². The molecule has 0 saturated carbocycles. The highest BCUT2D eigenvalue weighted by Crippen LogP contribution is 2.43. The van der Waals surface area contributed by atoms with E-state index < -0.39 is 9.84 Å². The van der Waals surface area contributed by atoms with Crippen LogP contribution in [0.25, 0.3) is 0 Å². The van der Waals surface area contributed by atoms with Crippen LogP contribution in [-0.4, -0.2) is 20.9 Å². The van der Waals surface area contributed by atoms with Gasteiger partial charge in [-0.05, 0) is 36.8 Å². The Hall–Kier alpha value is -3.12. The maximum absolute atomic E-state index is 13.0. The van der Waals surface area contributed by atoms with Gasteiger partial charge in [0, 0.05) is 0 Å². The summed E-state index contributed by atoms with van der Waals surface area (Å²) in [5, 5.41) is 3.00. The number of carbonyl (C=O) groups excluding carboxylic acids is 1. The molecule has 1 N–H and O–H groups in total. The quantitative estimate of drug-likeness (QED) is 0.732. The minimum absolute atomic E-state index is 0.0285. The maximum atomic E-state index is 13.0. The Morgan fingerprint density at radius 1 is 0.857 bits per heavy atom. The van der Waals surface area contributed by atoms with Crippen molar-refractivity contribution in [3.63, 3.8) is 0 Å². The summed E-state index contributed by atoms with van der Waals surface area (Å²) in [6.45, 7) is 1.95. The van der Waals surface area contributed by atoms with E-state index in [1.54, 1.807) is 53.4 Å². The van der Waals surface area contributed by atoms with Crippen LogP contribution in [0.2, 0.25) is 0 Å². The minimum Gasteiger partial charge on any atom is -0.348 e. The number of hydrogen-bond donors (Lipinski definition) is 1. The summed E-state index contributed by atoms with van der Waals surface area (Å²) in [6, 6.07) is 23.1. The van der Waals surface area contributed by atoms with Crippen molar-refractivity contribution in [2.24, 2.45) is 0 Å². The molecule has 3 aromatic rings. The summed E-state index contributed by atoms with van der Waals surface area (Å²) >= 11 is 0. The van der Waals surface area contributed by atoms with Gasteiger partial charge in [-0.25, -0.2) is 8.42 Å². The number of fused-ring (bicyclic) bond motifs is 2. The van der Waals surface area contributed by atoms with Crippen LogP contribution >= 0.6 is 0 Å². The first-order valence-corrected chi connectivity index (χ1v) is 10.5. The van der Waals surface area contributed by atoms with Crippen molar-refractivity contribution in [3.05, 3.63) is 84.4 Å². The van der Waals surface area contributed by atoms with Crippen molar-refractivity contribution < 1.29 is 13.2 Å². The summed E-state index contributed by atoms with van der Waals surface area (Å²) < 4.78 is 25.9. The second-order valence-electron chi connectivity index (χ2n) is 6.72. The average molecular weight is 392 g/mol. The first kappa shape index (κ1) is 18.3. The number of anilines is 2. The number of carbonyl (C=O) groups is 1. The van der Waals surface area contributed by atoms with Gasteiger partial charge in [0.1, 0.15) is 6.54 Å². The zero-order valence-electron chi connectivity index (χ0n) is 15.4. The van der Waals surface area contributed by atoms with Gasteiger partial charge in [-0.15, -0.1) is 0 Å². The van der Waals surface area contributed by atoms with Gasteiger partial charge in [0.15, 0.2) is 0 Å². The van der Waals surface area contributed by atoms with Gasteiger partial charge in [-0.2, -0.15) is 0 Å². The van der Waals surface area contributed by atoms with Crippen LogP contribution in [0.15, 0.2) is 88.7 Å². The Labute approximate surface area is 164 Å². The number of nitrogens with zero attached hydrogens (tertiary/aromatic N) is 1. The molecule has 0 unspecified atom stereocenters. The maximum Gasteiger partial charge on any atom is 0.240 e. The van der Waals surface area contributed by atoms with Crippen molar-refractivity contribution in [1.82, 2.24) is 5.32 Å². The molecule has 0 spiro atoms. The molecule has 0 aliphatic carbocycles. The van der Waals surface area contributed by atoms with Gasteiger partial charge in [0.05, 0.1) is 27.2 Å². The van der Waals surface area contributed by atoms with E-state index in [9.17, 15) is 13.2 Å². The molecule has 1 amide bonds. The van der Waals surface area contributed by atoms with Crippen molar-refractivity contribution >= 4 is 27.1 Å². The molecule has 0 fully saturated rings. The van der Waals surface area contributed by atoms with Crippen LogP contribution in [0.1, 0.15) is 18.5 Å². The smallest absolute Gasteiger partial charge is 0.240 e. The fraction of sp³-hybridized carbons (Fsp3) is 0.136. The molecule has 1 heterocycles. The molecule has 28 heavy (non-hydrogen) atoms. The van der Waals surface area contributed by atoms with Crippen molar-refractivity contribution in [1.29, 1.82) is 0 Å². The van der Waals surface area contributed by atoms with E-state index in [1.807, 2.05) is 37.3 Å². The number of benzene rings is 3.